The molecule has 2 aromatic rings. The molecule has 3 amide bonds. The SMILES string of the molecule is CC[C@@H](C)C(=O)N[C@H](C(=O)N1Cc2ccccc2C1C(=O)Nc1ccccc1OC)C(C)C. The Balaban J connectivity index is 1.91. The zero-order chi connectivity index (χ0) is 24.1. The van der Waals surface area contributed by atoms with Gasteiger partial charge in [0.15, 0.2) is 0 Å². The summed E-state index contributed by atoms with van der Waals surface area (Å²) >= 11 is 0. The van der Waals surface area contributed by atoms with Gasteiger partial charge in [-0.1, -0.05) is 64.1 Å². The lowest BCUT2D eigenvalue weighted by molar-refractivity contribution is -0.143. The molecular formula is C26H33N3O4. The topological polar surface area (TPSA) is 87.7 Å². The van der Waals surface area contributed by atoms with Crippen molar-refractivity contribution in [1.29, 1.82) is 0 Å². The molecule has 33 heavy (non-hydrogen) atoms. The number of ether oxygens (including phenoxy) is 1. The standard InChI is InChI=1S/C26H33N3O4/c1-6-17(4)24(30)28-22(16(2)3)26(32)29-15-18-11-7-8-12-19(18)23(29)25(31)27-20-13-9-10-14-21(20)33-5/h7-14,16-17,22-23H,6,15H2,1-5H3,(H,27,31)(H,28,30)/t17-,22+,23?/m1/s1. The zero-order valence-electron chi connectivity index (χ0n) is 19.9. The predicted molar refractivity (Wildman–Crippen MR) is 128 cm³/mol. The molecule has 2 aromatic carbocycles. The third-order valence-electron chi connectivity index (χ3n) is 6.19. The van der Waals surface area contributed by atoms with Crippen molar-refractivity contribution in [1.82, 2.24) is 10.2 Å². The minimum absolute atomic E-state index is 0.132. The molecule has 0 aliphatic carbocycles. The molecule has 1 aliphatic rings. The minimum Gasteiger partial charge on any atom is -0.495 e. The molecule has 7 nitrogen and oxygen atoms in total. The van der Waals surface area contributed by atoms with Gasteiger partial charge >= 0.3 is 0 Å². The van der Waals surface area contributed by atoms with Crippen LogP contribution >= 0.6 is 0 Å². The quantitative estimate of drug-likeness (QED) is 0.637. The van der Waals surface area contributed by atoms with Crippen molar-refractivity contribution in [2.45, 2.75) is 52.7 Å². The molecule has 1 aliphatic heterocycles. The van der Waals surface area contributed by atoms with Crippen LogP contribution in [0.3, 0.4) is 0 Å². The maximum atomic E-state index is 13.7. The molecule has 0 aromatic heterocycles. The van der Waals surface area contributed by atoms with Gasteiger partial charge in [-0.25, -0.2) is 0 Å². The van der Waals surface area contributed by atoms with Crippen LogP contribution in [0.15, 0.2) is 48.5 Å². The van der Waals surface area contributed by atoms with Gasteiger partial charge in [0.2, 0.25) is 11.8 Å². The fourth-order valence-corrected chi connectivity index (χ4v) is 4.00. The largest absolute Gasteiger partial charge is 0.495 e. The lowest BCUT2D eigenvalue weighted by Crippen LogP contribution is -2.52. The van der Waals surface area contributed by atoms with Gasteiger partial charge in [0.1, 0.15) is 17.8 Å². The highest BCUT2D eigenvalue weighted by atomic mass is 16.5. The van der Waals surface area contributed by atoms with Crippen molar-refractivity contribution in [2.24, 2.45) is 11.8 Å². The molecular weight excluding hydrogens is 418 g/mol. The van der Waals surface area contributed by atoms with E-state index in [1.165, 1.54) is 0 Å². The molecule has 3 atom stereocenters. The van der Waals surface area contributed by atoms with Crippen LogP contribution in [0, 0.1) is 11.8 Å². The molecule has 2 N–H and O–H groups in total. The average Bonchev–Trinajstić information content (AvgIpc) is 3.21. The van der Waals surface area contributed by atoms with E-state index in [-0.39, 0.29) is 29.6 Å². The predicted octanol–water partition coefficient (Wildman–Crippen LogP) is 3.90. The number of hydrogen-bond donors (Lipinski definition) is 2. The van der Waals surface area contributed by atoms with Crippen molar-refractivity contribution in [3.05, 3.63) is 59.7 Å². The Morgan fingerprint density at radius 2 is 1.73 bits per heavy atom. The number of anilines is 1. The number of methoxy groups -OCH3 is 1. The van der Waals surface area contributed by atoms with Crippen LogP contribution in [0.5, 0.6) is 5.75 Å². The molecule has 0 radical (unpaired) electrons. The Hall–Kier alpha value is -3.35. The molecule has 7 heteroatoms. The fraction of sp³-hybridized carbons (Fsp3) is 0.423. The molecule has 0 fully saturated rings. The van der Waals surface area contributed by atoms with Crippen LogP contribution in [-0.2, 0) is 20.9 Å². The van der Waals surface area contributed by atoms with Crippen LogP contribution in [-0.4, -0.2) is 35.8 Å². The van der Waals surface area contributed by atoms with Gasteiger partial charge in [-0.3, -0.25) is 14.4 Å². The summed E-state index contributed by atoms with van der Waals surface area (Å²) in [5.74, 6) is -0.537. The Morgan fingerprint density at radius 1 is 1.06 bits per heavy atom. The first-order valence-electron chi connectivity index (χ1n) is 11.4. The second-order valence-corrected chi connectivity index (χ2v) is 8.80. The molecule has 0 saturated heterocycles. The zero-order valence-corrected chi connectivity index (χ0v) is 19.9. The summed E-state index contributed by atoms with van der Waals surface area (Å²) in [6.45, 7) is 7.87. The number of nitrogens with one attached hydrogen (secondary N) is 2. The number of hydrogen-bond acceptors (Lipinski definition) is 4. The van der Waals surface area contributed by atoms with Crippen LogP contribution < -0.4 is 15.4 Å². The second kappa shape index (κ2) is 10.5. The summed E-state index contributed by atoms with van der Waals surface area (Å²) in [5, 5.41) is 5.84. The normalized spacial score (nSPS) is 16.7. The van der Waals surface area contributed by atoms with Crippen molar-refractivity contribution in [2.75, 3.05) is 12.4 Å². The minimum atomic E-state index is -0.805. The van der Waals surface area contributed by atoms with E-state index in [1.54, 1.807) is 24.1 Å². The third kappa shape index (κ3) is 5.18. The van der Waals surface area contributed by atoms with Gasteiger partial charge in [-0.15, -0.1) is 0 Å². The number of carbonyl (C=O) groups excluding carboxylic acids is 3. The van der Waals surface area contributed by atoms with E-state index >= 15 is 0 Å². The lowest BCUT2D eigenvalue weighted by atomic mass is 9.99. The maximum Gasteiger partial charge on any atom is 0.251 e. The number of nitrogens with zero attached hydrogens (tertiary/aromatic N) is 1. The molecule has 176 valence electrons. The highest BCUT2D eigenvalue weighted by Gasteiger charge is 2.42. The molecule has 3 rings (SSSR count). The number of para-hydroxylation sites is 2. The summed E-state index contributed by atoms with van der Waals surface area (Å²) in [5.41, 5.74) is 2.24. The van der Waals surface area contributed by atoms with Crippen molar-refractivity contribution >= 4 is 23.4 Å². The number of rotatable bonds is 8. The summed E-state index contributed by atoms with van der Waals surface area (Å²) in [7, 11) is 1.54. The second-order valence-electron chi connectivity index (χ2n) is 8.80. The number of carbonyl (C=O) groups is 3. The molecule has 1 unspecified atom stereocenters. The third-order valence-corrected chi connectivity index (χ3v) is 6.19. The molecule has 0 spiro atoms. The van der Waals surface area contributed by atoms with Gasteiger partial charge in [0, 0.05) is 12.5 Å². The van der Waals surface area contributed by atoms with Crippen LogP contribution in [0.2, 0.25) is 0 Å². The first kappa shape index (κ1) is 24.3. The average molecular weight is 452 g/mol. The van der Waals surface area contributed by atoms with E-state index < -0.39 is 12.1 Å². The van der Waals surface area contributed by atoms with Crippen LogP contribution in [0.1, 0.15) is 51.3 Å². The first-order valence-corrected chi connectivity index (χ1v) is 11.4. The number of amides is 3. The Bertz CT molecular complexity index is 1020. The smallest absolute Gasteiger partial charge is 0.251 e. The van der Waals surface area contributed by atoms with Gasteiger partial charge in [-0.2, -0.15) is 0 Å². The highest BCUT2D eigenvalue weighted by Crippen LogP contribution is 2.36. The summed E-state index contributed by atoms with van der Waals surface area (Å²) in [4.78, 5) is 41.3. The van der Waals surface area contributed by atoms with Crippen molar-refractivity contribution in [3.8, 4) is 5.75 Å². The maximum absolute atomic E-state index is 13.7. The number of fused-ring (bicyclic) bond motifs is 1. The molecule has 1 heterocycles. The van der Waals surface area contributed by atoms with Gasteiger partial charge in [0.25, 0.3) is 5.91 Å². The summed E-state index contributed by atoms with van der Waals surface area (Å²) < 4.78 is 5.36. The first-order chi connectivity index (χ1) is 15.8. The monoisotopic (exact) mass is 451 g/mol. The van der Waals surface area contributed by atoms with E-state index in [2.05, 4.69) is 10.6 Å². The number of benzene rings is 2. The molecule has 0 bridgehead atoms. The lowest BCUT2D eigenvalue weighted by Gasteiger charge is -2.31. The fourth-order valence-electron chi connectivity index (χ4n) is 4.00. The van der Waals surface area contributed by atoms with E-state index in [9.17, 15) is 14.4 Å². The molecule has 0 saturated carbocycles. The Labute approximate surface area is 195 Å². The summed E-state index contributed by atoms with van der Waals surface area (Å²) in [6, 6.07) is 13.2. The summed E-state index contributed by atoms with van der Waals surface area (Å²) in [6.07, 6.45) is 0.684. The van der Waals surface area contributed by atoms with Crippen molar-refractivity contribution in [3.63, 3.8) is 0 Å². The Kier molecular flexibility index (Phi) is 7.74. The van der Waals surface area contributed by atoms with Crippen LogP contribution in [0.25, 0.3) is 0 Å². The highest BCUT2D eigenvalue weighted by molar-refractivity contribution is 6.01. The van der Waals surface area contributed by atoms with E-state index in [1.807, 2.05) is 64.1 Å². The van der Waals surface area contributed by atoms with E-state index in [4.69, 9.17) is 4.74 Å². The van der Waals surface area contributed by atoms with E-state index in [0.29, 0.717) is 24.4 Å². The van der Waals surface area contributed by atoms with Gasteiger partial charge < -0.3 is 20.3 Å². The van der Waals surface area contributed by atoms with Crippen molar-refractivity contribution < 1.29 is 19.1 Å². The van der Waals surface area contributed by atoms with Gasteiger partial charge in [-0.05, 0) is 35.6 Å². The van der Waals surface area contributed by atoms with E-state index in [0.717, 1.165) is 11.1 Å². The van der Waals surface area contributed by atoms with Crippen LogP contribution in [0.4, 0.5) is 5.69 Å². The van der Waals surface area contributed by atoms with Gasteiger partial charge in [0.05, 0.1) is 12.8 Å². The Morgan fingerprint density at radius 3 is 2.39 bits per heavy atom.